The summed E-state index contributed by atoms with van der Waals surface area (Å²) in [5.74, 6) is 0.340. The van der Waals surface area contributed by atoms with Crippen molar-refractivity contribution in [2.24, 2.45) is 0 Å². The number of nitrogens with zero attached hydrogens (tertiary/aromatic N) is 3. The molecule has 0 aliphatic rings. The van der Waals surface area contributed by atoms with E-state index in [0.29, 0.717) is 17.2 Å². The van der Waals surface area contributed by atoms with Gasteiger partial charge in [0.2, 0.25) is 0 Å². The largest absolute Gasteiger partial charge is 0.376 e. The molecular weight excluding hydrogens is 402 g/mol. The standard InChI is InChI=1S/C24H23N7O/c1-25-22-8-7-21(31(2)3)23(29-22)24(32)28-19-11-14(12-20-17(19)13-27-30-20)15-5-4-6-18-16(15)9-10-26-18/h4-13,26H,1-3H3,(H,25,29)(H,27,30)(H,28,32). The number of carbonyl (C=O) groups is 1. The van der Waals surface area contributed by atoms with Gasteiger partial charge in [0.1, 0.15) is 5.82 Å². The van der Waals surface area contributed by atoms with Crippen LogP contribution in [-0.4, -0.2) is 47.2 Å². The SMILES string of the molecule is CNc1ccc(N(C)C)c(C(=O)Nc2cc(-c3cccc4[nH]ccc34)cc3[nH]ncc23)n1. The minimum absolute atomic E-state index is 0.287. The monoisotopic (exact) mass is 425 g/mol. The normalized spacial score (nSPS) is 11.1. The Hall–Kier alpha value is -4.33. The fourth-order valence-electron chi connectivity index (χ4n) is 3.95. The van der Waals surface area contributed by atoms with Gasteiger partial charge in [-0.3, -0.25) is 9.89 Å². The molecule has 0 aliphatic heterocycles. The van der Waals surface area contributed by atoms with Gasteiger partial charge < -0.3 is 20.5 Å². The van der Waals surface area contributed by atoms with Gasteiger partial charge in [-0.2, -0.15) is 5.10 Å². The van der Waals surface area contributed by atoms with Gasteiger partial charge in [-0.05, 0) is 47.5 Å². The molecule has 5 aromatic rings. The van der Waals surface area contributed by atoms with Crippen LogP contribution in [-0.2, 0) is 0 Å². The minimum atomic E-state index is -0.287. The highest BCUT2D eigenvalue weighted by atomic mass is 16.1. The summed E-state index contributed by atoms with van der Waals surface area (Å²) in [7, 11) is 5.55. The molecule has 0 radical (unpaired) electrons. The number of anilines is 3. The van der Waals surface area contributed by atoms with Crippen molar-refractivity contribution >= 4 is 44.9 Å². The van der Waals surface area contributed by atoms with Gasteiger partial charge >= 0.3 is 0 Å². The number of aromatic nitrogens is 4. The van der Waals surface area contributed by atoms with Crippen LogP contribution < -0.4 is 15.5 Å². The van der Waals surface area contributed by atoms with Crippen molar-refractivity contribution in [2.75, 3.05) is 36.7 Å². The van der Waals surface area contributed by atoms with Gasteiger partial charge in [-0.1, -0.05) is 12.1 Å². The molecule has 4 N–H and O–H groups in total. The molecule has 8 heteroatoms. The first-order chi connectivity index (χ1) is 15.5. The highest BCUT2D eigenvalue weighted by Gasteiger charge is 2.18. The predicted molar refractivity (Wildman–Crippen MR) is 129 cm³/mol. The van der Waals surface area contributed by atoms with E-state index in [1.807, 2.05) is 61.6 Å². The zero-order chi connectivity index (χ0) is 22.2. The molecule has 0 bridgehead atoms. The molecule has 160 valence electrons. The van der Waals surface area contributed by atoms with Crippen LogP contribution in [0.2, 0.25) is 0 Å². The second-order valence-electron chi connectivity index (χ2n) is 7.76. The summed E-state index contributed by atoms with van der Waals surface area (Å²) >= 11 is 0. The molecule has 0 fully saturated rings. The molecular formula is C24H23N7O. The number of rotatable bonds is 5. The van der Waals surface area contributed by atoms with E-state index >= 15 is 0 Å². The number of fused-ring (bicyclic) bond motifs is 2. The first kappa shape index (κ1) is 19.6. The number of amides is 1. The fraction of sp³-hybridized carbons (Fsp3) is 0.125. The Morgan fingerprint density at radius 1 is 1.03 bits per heavy atom. The van der Waals surface area contributed by atoms with E-state index in [2.05, 4.69) is 42.9 Å². The van der Waals surface area contributed by atoms with Crippen LogP contribution in [0.3, 0.4) is 0 Å². The Morgan fingerprint density at radius 3 is 2.72 bits per heavy atom. The lowest BCUT2D eigenvalue weighted by Gasteiger charge is -2.17. The van der Waals surface area contributed by atoms with E-state index in [0.717, 1.165) is 38.6 Å². The topological polar surface area (TPSA) is 102 Å². The second-order valence-corrected chi connectivity index (χ2v) is 7.76. The molecule has 0 unspecified atom stereocenters. The summed E-state index contributed by atoms with van der Waals surface area (Å²) in [6, 6.07) is 15.9. The number of H-pyrrole nitrogens is 2. The summed E-state index contributed by atoms with van der Waals surface area (Å²) < 4.78 is 0. The van der Waals surface area contributed by atoms with Crippen LogP contribution in [0.15, 0.2) is 60.9 Å². The van der Waals surface area contributed by atoms with E-state index in [9.17, 15) is 4.79 Å². The fourth-order valence-corrected chi connectivity index (χ4v) is 3.95. The van der Waals surface area contributed by atoms with Crippen molar-refractivity contribution in [3.8, 4) is 11.1 Å². The molecule has 0 spiro atoms. The molecule has 0 saturated heterocycles. The van der Waals surface area contributed by atoms with Gasteiger partial charge in [0, 0.05) is 43.6 Å². The first-order valence-corrected chi connectivity index (χ1v) is 10.3. The van der Waals surface area contributed by atoms with Gasteiger partial charge in [-0.25, -0.2) is 4.98 Å². The quantitative estimate of drug-likeness (QED) is 0.333. The van der Waals surface area contributed by atoms with E-state index in [1.165, 1.54) is 0 Å². The summed E-state index contributed by atoms with van der Waals surface area (Å²) in [6.45, 7) is 0. The number of hydrogen-bond donors (Lipinski definition) is 4. The Labute approximate surface area is 184 Å². The summed E-state index contributed by atoms with van der Waals surface area (Å²) in [5, 5.41) is 15.2. The zero-order valence-electron chi connectivity index (χ0n) is 18.0. The molecule has 5 rings (SSSR count). The summed E-state index contributed by atoms with van der Waals surface area (Å²) in [5.41, 5.74) is 5.70. The van der Waals surface area contributed by atoms with Crippen molar-refractivity contribution in [1.82, 2.24) is 20.2 Å². The van der Waals surface area contributed by atoms with Crippen molar-refractivity contribution in [3.05, 3.63) is 66.6 Å². The van der Waals surface area contributed by atoms with Gasteiger partial charge in [0.25, 0.3) is 5.91 Å². The van der Waals surface area contributed by atoms with Crippen molar-refractivity contribution in [3.63, 3.8) is 0 Å². The van der Waals surface area contributed by atoms with Crippen molar-refractivity contribution in [1.29, 1.82) is 0 Å². The molecule has 1 amide bonds. The third kappa shape index (κ3) is 3.31. The molecule has 0 aliphatic carbocycles. The lowest BCUT2D eigenvalue weighted by atomic mass is 9.99. The van der Waals surface area contributed by atoms with Crippen LogP contribution in [0.1, 0.15) is 10.5 Å². The molecule has 0 saturated carbocycles. The van der Waals surface area contributed by atoms with Crippen LogP contribution in [0.5, 0.6) is 0 Å². The van der Waals surface area contributed by atoms with Gasteiger partial charge in [-0.15, -0.1) is 0 Å². The Bertz CT molecular complexity index is 1450. The minimum Gasteiger partial charge on any atom is -0.376 e. The van der Waals surface area contributed by atoms with Crippen molar-refractivity contribution < 1.29 is 4.79 Å². The number of nitrogens with one attached hydrogen (secondary N) is 4. The van der Waals surface area contributed by atoms with Crippen LogP contribution in [0.4, 0.5) is 17.2 Å². The lowest BCUT2D eigenvalue weighted by Crippen LogP contribution is -2.20. The van der Waals surface area contributed by atoms with E-state index < -0.39 is 0 Å². The first-order valence-electron chi connectivity index (χ1n) is 10.3. The maximum atomic E-state index is 13.3. The third-order valence-electron chi connectivity index (χ3n) is 5.54. The molecule has 3 heterocycles. The third-order valence-corrected chi connectivity index (χ3v) is 5.54. The summed E-state index contributed by atoms with van der Waals surface area (Å²) in [4.78, 5) is 22.9. The number of carbonyl (C=O) groups excluding carboxylic acids is 1. The summed E-state index contributed by atoms with van der Waals surface area (Å²) in [6.07, 6.45) is 3.64. The van der Waals surface area contributed by atoms with Crippen molar-refractivity contribution in [2.45, 2.75) is 0 Å². The highest BCUT2D eigenvalue weighted by molar-refractivity contribution is 6.11. The van der Waals surface area contributed by atoms with E-state index in [4.69, 9.17) is 0 Å². The Balaban J connectivity index is 1.61. The molecule has 8 nitrogen and oxygen atoms in total. The maximum Gasteiger partial charge on any atom is 0.276 e. The van der Waals surface area contributed by atoms with Crippen LogP contribution in [0.25, 0.3) is 32.9 Å². The molecule has 2 aromatic carbocycles. The number of pyridine rings is 1. The van der Waals surface area contributed by atoms with E-state index in [-0.39, 0.29) is 5.91 Å². The van der Waals surface area contributed by atoms with Crippen LogP contribution in [0, 0.1) is 0 Å². The Kier molecular flexibility index (Phi) is 4.74. The second kappa shape index (κ2) is 7.73. The smallest absolute Gasteiger partial charge is 0.276 e. The Morgan fingerprint density at radius 2 is 1.91 bits per heavy atom. The average Bonchev–Trinajstić information content (AvgIpc) is 3.47. The number of hydrogen-bond acceptors (Lipinski definition) is 5. The highest BCUT2D eigenvalue weighted by Crippen LogP contribution is 2.34. The maximum absolute atomic E-state index is 13.3. The molecule has 0 atom stereocenters. The zero-order valence-corrected chi connectivity index (χ0v) is 18.0. The predicted octanol–water partition coefficient (Wildman–Crippen LogP) is 4.47. The van der Waals surface area contributed by atoms with Gasteiger partial charge in [0.05, 0.1) is 23.1 Å². The average molecular weight is 425 g/mol. The number of aromatic amines is 2. The number of benzene rings is 2. The molecule has 3 aromatic heterocycles. The van der Waals surface area contributed by atoms with E-state index in [1.54, 1.807) is 13.2 Å². The van der Waals surface area contributed by atoms with Gasteiger partial charge in [0.15, 0.2) is 5.69 Å². The van der Waals surface area contributed by atoms with Crippen LogP contribution >= 0.6 is 0 Å². The molecule has 32 heavy (non-hydrogen) atoms. The lowest BCUT2D eigenvalue weighted by molar-refractivity contribution is 0.102.